The molecule has 10 heteroatoms. The van der Waals surface area contributed by atoms with Crippen molar-refractivity contribution in [1.29, 1.82) is 0 Å². The van der Waals surface area contributed by atoms with E-state index in [0.717, 1.165) is 21.8 Å². The van der Waals surface area contributed by atoms with Gasteiger partial charge in [-0.25, -0.2) is 4.79 Å². The average Bonchev–Trinajstić information content (AvgIpc) is 2.76. The van der Waals surface area contributed by atoms with Gasteiger partial charge in [0.15, 0.2) is 0 Å². The number of carboxylic acid groups (broad SMARTS) is 1. The minimum Gasteiger partial charge on any atom is -0.492 e. The Bertz CT molecular complexity index is 806. The Morgan fingerprint density at radius 3 is 1.66 bits per heavy atom. The first-order valence-electron chi connectivity index (χ1n) is 9.55. The van der Waals surface area contributed by atoms with Crippen molar-refractivity contribution in [3.63, 3.8) is 0 Å². The maximum atomic E-state index is 11.0. The molecule has 0 aliphatic heterocycles. The second-order valence-corrected chi connectivity index (χ2v) is 8.31. The molecule has 1 N–H and O–H groups in total. The summed E-state index contributed by atoms with van der Waals surface area (Å²) in [5, 5.41) is 8.33. The van der Waals surface area contributed by atoms with Crippen molar-refractivity contribution in [2.45, 2.75) is 12.8 Å². The van der Waals surface area contributed by atoms with E-state index in [1.54, 1.807) is 38.5 Å². The van der Waals surface area contributed by atoms with Crippen molar-refractivity contribution in [2.75, 3.05) is 40.6 Å². The van der Waals surface area contributed by atoms with Crippen LogP contribution < -0.4 is 9.47 Å². The molecule has 0 atom stereocenters. The van der Waals surface area contributed by atoms with Gasteiger partial charge in [-0.3, -0.25) is 4.79 Å². The van der Waals surface area contributed by atoms with Gasteiger partial charge in [0.05, 0.1) is 27.7 Å². The minimum absolute atomic E-state index is 0.213. The standard InChI is InChI=1S/C11H12BrClO3.C11H13BrO4/c2*1-15-5-2-6-16-10-7-8(11(13)14)3-4-9(10)12/h3-4,7H,2,5-6H2,1H3;3-4,7H,2,5-6H2,1H3,(H,13,14). The summed E-state index contributed by atoms with van der Waals surface area (Å²) in [4.78, 5) is 21.7. The monoisotopic (exact) mass is 594 g/mol. The normalized spacial score (nSPS) is 10.2. The van der Waals surface area contributed by atoms with Crippen LogP contribution >= 0.6 is 43.5 Å². The highest BCUT2D eigenvalue weighted by atomic mass is 79.9. The molecule has 2 aromatic carbocycles. The largest absolute Gasteiger partial charge is 0.492 e. The van der Waals surface area contributed by atoms with Crippen molar-refractivity contribution in [1.82, 2.24) is 0 Å². The van der Waals surface area contributed by atoms with E-state index in [-0.39, 0.29) is 5.56 Å². The molecular weight excluding hydrogens is 571 g/mol. The zero-order chi connectivity index (χ0) is 23.9. The number of rotatable bonds is 12. The molecule has 0 spiro atoms. The number of ether oxygens (including phenoxy) is 4. The summed E-state index contributed by atoms with van der Waals surface area (Å²) in [6.45, 7) is 2.30. The van der Waals surface area contributed by atoms with Gasteiger partial charge in [-0.05, 0) is 79.9 Å². The Kier molecular flexibility index (Phi) is 14.2. The molecule has 0 bridgehead atoms. The number of aromatic carboxylic acids is 1. The predicted octanol–water partition coefficient (Wildman–Crippen LogP) is 5.81. The Hall–Kier alpha value is -1.65. The molecule has 0 fully saturated rings. The fraction of sp³-hybridized carbons (Fsp3) is 0.364. The lowest BCUT2D eigenvalue weighted by molar-refractivity contribution is 0.0696. The zero-order valence-electron chi connectivity index (χ0n) is 17.7. The van der Waals surface area contributed by atoms with Gasteiger partial charge >= 0.3 is 5.97 Å². The van der Waals surface area contributed by atoms with Gasteiger partial charge in [-0.1, -0.05) is 0 Å². The molecule has 0 aliphatic rings. The lowest BCUT2D eigenvalue weighted by Crippen LogP contribution is -2.03. The Morgan fingerprint density at radius 1 is 0.812 bits per heavy atom. The molecule has 7 nitrogen and oxygen atoms in total. The third-order valence-electron chi connectivity index (χ3n) is 3.84. The van der Waals surface area contributed by atoms with E-state index >= 15 is 0 Å². The second kappa shape index (κ2) is 16.0. The molecule has 0 aromatic heterocycles. The van der Waals surface area contributed by atoms with Crippen molar-refractivity contribution in [3.8, 4) is 11.5 Å². The van der Waals surface area contributed by atoms with Crippen LogP contribution in [0.25, 0.3) is 0 Å². The van der Waals surface area contributed by atoms with Gasteiger partial charge in [0.2, 0.25) is 0 Å². The summed E-state index contributed by atoms with van der Waals surface area (Å²) in [5.41, 5.74) is 0.636. The number of carbonyl (C=O) groups excluding carboxylic acids is 1. The fourth-order valence-electron chi connectivity index (χ4n) is 2.25. The van der Waals surface area contributed by atoms with E-state index < -0.39 is 11.2 Å². The van der Waals surface area contributed by atoms with Gasteiger partial charge in [-0.2, -0.15) is 0 Å². The van der Waals surface area contributed by atoms with Crippen LogP contribution in [0.15, 0.2) is 45.3 Å². The first kappa shape index (κ1) is 28.4. The van der Waals surface area contributed by atoms with E-state index in [4.69, 9.17) is 35.7 Å². The average molecular weight is 597 g/mol. The number of carbonyl (C=O) groups is 2. The van der Waals surface area contributed by atoms with Crippen molar-refractivity contribution >= 4 is 54.7 Å². The summed E-state index contributed by atoms with van der Waals surface area (Å²) in [6, 6.07) is 9.68. The molecule has 2 rings (SSSR count). The highest BCUT2D eigenvalue weighted by Gasteiger charge is 2.08. The molecule has 0 unspecified atom stereocenters. The number of benzene rings is 2. The number of halogens is 3. The van der Waals surface area contributed by atoms with Gasteiger partial charge in [-0.15, -0.1) is 0 Å². The SMILES string of the molecule is COCCCOc1cc(C(=O)Cl)ccc1Br.COCCCOc1cc(C(=O)O)ccc1Br. The number of hydrogen-bond acceptors (Lipinski definition) is 6. The molecule has 0 heterocycles. The smallest absolute Gasteiger partial charge is 0.335 e. The molecule has 0 saturated heterocycles. The quantitative estimate of drug-likeness (QED) is 0.244. The third kappa shape index (κ3) is 10.8. The molecule has 0 amide bonds. The molecular formula is C22H25Br2ClO7. The predicted molar refractivity (Wildman–Crippen MR) is 129 cm³/mol. The van der Waals surface area contributed by atoms with Crippen LogP contribution in [0.1, 0.15) is 33.6 Å². The molecule has 32 heavy (non-hydrogen) atoms. The third-order valence-corrected chi connectivity index (χ3v) is 5.37. The van der Waals surface area contributed by atoms with E-state index in [0.29, 0.717) is 43.5 Å². The Morgan fingerprint density at radius 2 is 1.25 bits per heavy atom. The maximum Gasteiger partial charge on any atom is 0.335 e. The summed E-state index contributed by atoms with van der Waals surface area (Å²) < 4.78 is 22.3. The highest BCUT2D eigenvalue weighted by molar-refractivity contribution is 9.10. The maximum absolute atomic E-state index is 11.0. The lowest BCUT2D eigenvalue weighted by atomic mass is 10.2. The Labute approximate surface area is 209 Å². The van der Waals surface area contributed by atoms with Gasteiger partial charge in [0, 0.05) is 45.8 Å². The zero-order valence-corrected chi connectivity index (χ0v) is 21.7. The molecule has 2 aromatic rings. The van der Waals surface area contributed by atoms with Crippen LogP contribution in [0.5, 0.6) is 11.5 Å². The molecule has 0 aliphatic carbocycles. The molecule has 0 radical (unpaired) electrons. The van der Waals surface area contributed by atoms with E-state index in [2.05, 4.69) is 31.9 Å². The second-order valence-electron chi connectivity index (χ2n) is 6.26. The number of carboxylic acids is 1. The van der Waals surface area contributed by atoms with Crippen LogP contribution in [-0.2, 0) is 9.47 Å². The summed E-state index contributed by atoms with van der Waals surface area (Å²) >= 11 is 12.0. The van der Waals surface area contributed by atoms with Crippen molar-refractivity contribution < 1.29 is 33.6 Å². The Balaban J connectivity index is 0.000000320. The van der Waals surface area contributed by atoms with Gasteiger partial charge in [0.1, 0.15) is 11.5 Å². The number of hydrogen-bond donors (Lipinski definition) is 1. The fourth-order valence-corrected chi connectivity index (χ4v) is 3.09. The minimum atomic E-state index is -0.964. The first-order valence-corrected chi connectivity index (χ1v) is 11.5. The molecule has 176 valence electrons. The summed E-state index contributed by atoms with van der Waals surface area (Å²) in [7, 11) is 3.27. The van der Waals surface area contributed by atoms with Gasteiger partial charge < -0.3 is 24.1 Å². The van der Waals surface area contributed by atoms with Crippen molar-refractivity contribution in [2.24, 2.45) is 0 Å². The van der Waals surface area contributed by atoms with Crippen LogP contribution in [0.4, 0.5) is 0 Å². The number of methoxy groups -OCH3 is 2. The topological polar surface area (TPSA) is 91.3 Å². The lowest BCUT2D eigenvalue weighted by Gasteiger charge is -2.08. The van der Waals surface area contributed by atoms with Crippen LogP contribution in [0, 0.1) is 0 Å². The van der Waals surface area contributed by atoms with Gasteiger partial charge in [0.25, 0.3) is 5.24 Å². The van der Waals surface area contributed by atoms with E-state index in [9.17, 15) is 9.59 Å². The van der Waals surface area contributed by atoms with E-state index in [1.165, 1.54) is 12.1 Å². The van der Waals surface area contributed by atoms with Crippen LogP contribution in [0.3, 0.4) is 0 Å². The van der Waals surface area contributed by atoms with Crippen molar-refractivity contribution in [3.05, 3.63) is 56.5 Å². The molecule has 0 saturated carbocycles. The van der Waals surface area contributed by atoms with E-state index in [1.807, 2.05) is 0 Å². The summed E-state index contributed by atoms with van der Waals surface area (Å²) in [6.07, 6.45) is 1.56. The van der Waals surface area contributed by atoms with Crippen LogP contribution in [-0.4, -0.2) is 57.0 Å². The summed E-state index contributed by atoms with van der Waals surface area (Å²) in [5.74, 6) is 0.188. The first-order chi connectivity index (χ1) is 15.3. The highest BCUT2D eigenvalue weighted by Crippen LogP contribution is 2.27. The van der Waals surface area contributed by atoms with Crippen LogP contribution in [0.2, 0.25) is 0 Å².